The molecule has 1 aromatic carbocycles. The zero-order valence-electron chi connectivity index (χ0n) is 19.0. The lowest BCUT2D eigenvalue weighted by Gasteiger charge is -2.29. The third-order valence-electron chi connectivity index (χ3n) is 5.29. The second-order valence-corrected chi connectivity index (χ2v) is 9.33. The van der Waals surface area contributed by atoms with Crippen LogP contribution < -0.4 is 15.2 Å². The van der Waals surface area contributed by atoms with E-state index in [2.05, 4.69) is 40.7 Å². The van der Waals surface area contributed by atoms with Crippen molar-refractivity contribution in [3.63, 3.8) is 0 Å². The van der Waals surface area contributed by atoms with E-state index in [1.54, 1.807) is 7.11 Å². The van der Waals surface area contributed by atoms with Gasteiger partial charge in [0.25, 0.3) is 0 Å². The fourth-order valence-corrected chi connectivity index (χ4v) is 3.66. The maximum absolute atomic E-state index is 9.72. The zero-order valence-corrected chi connectivity index (χ0v) is 19.0. The Bertz CT molecular complexity index is 559. The molecule has 0 aliphatic carbocycles. The van der Waals surface area contributed by atoms with Gasteiger partial charge in [-0.1, -0.05) is 53.5 Å². The van der Waals surface area contributed by atoms with Gasteiger partial charge in [0.2, 0.25) is 0 Å². The highest BCUT2D eigenvalue weighted by atomic mass is 16.5. The molecule has 0 radical (unpaired) electrons. The van der Waals surface area contributed by atoms with Crippen molar-refractivity contribution >= 4 is 0 Å². The van der Waals surface area contributed by atoms with Crippen LogP contribution in [0.25, 0.3) is 0 Å². The van der Waals surface area contributed by atoms with E-state index in [1.807, 2.05) is 12.1 Å². The van der Waals surface area contributed by atoms with Crippen LogP contribution in [0.1, 0.15) is 72.3 Å². The smallest absolute Gasteiger partial charge is 0.125 e. The fourth-order valence-electron chi connectivity index (χ4n) is 3.66. The summed E-state index contributed by atoms with van der Waals surface area (Å²) in [5.41, 5.74) is 6.95. The monoisotopic (exact) mass is 393 g/mol. The van der Waals surface area contributed by atoms with Crippen molar-refractivity contribution in [2.45, 2.75) is 78.7 Å². The molecule has 0 aromatic heterocycles. The summed E-state index contributed by atoms with van der Waals surface area (Å²) in [7, 11) is 1.69. The molecule has 1 aromatic rings. The molecule has 0 heterocycles. The lowest BCUT2D eigenvalue weighted by Crippen LogP contribution is -2.45. The Labute approximate surface area is 172 Å². The highest BCUT2D eigenvalue weighted by Crippen LogP contribution is 2.29. The first-order valence-electron chi connectivity index (χ1n) is 10.9. The summed E-state index contributed by atoms with van der Waals surface area (Å²) in [6, 6.07) is 6.04. The van der Waals surface area contributed by atoms with Gasteiger partial charge in [-0.15, -0.1) is 0 Å². The van der Waals surface area contributed by atoms with Crippen molar-refractivity contribution < 1.29 is 14.6 Å². The third kappa shape index (κ3) is 9.29. The molecule has 4 heteroatoms. The molecule has 0 amide bonds. The van der Waals surface area contributed by atoms with Gasteiger partial charge in [0, 0.05) is 11.6 Å². The van der Waals surface area contributed by atoms with Crippen molar-refractivity contribution in [2.24, 2.45) is 23.5 Å². The van der Waals surface area contributed by atoms with Crippen molar-refractivity contribution in [1.82, 2.24) is 0 Å². The number of aryl methyl sites for hydroxylation is 1. The summed E-state index contributed by atoms with van der Waals surface area (Å²) in [5.74, 6) is 3.44. The van der Waals surface area contributed by atoms with Crippen LogP contribution in [-0.4, -0.2) is 31.0 Å². The number of aliphatic hydroxyl groups is 1. The highest BCUT2D eigenvalue weighted by molar-refractivity contribution is 5.41. The number of nitrogens with two attached hydrogens (primary N) is 1. The van der Waals surface area contributed by atoms with E-state index in [0.29, 0.717) is 11.8 Å². The van der Waals surface area contributed by atoms with E-state index in [1.165, 1.54) is 19.3 Å². The van der Waals surface area contributed by atoms with Crippen LogP contribution in [0.4, 0.5) is 0 Å². The fraction of sp³-hybridized carbons (Fsp3) is 0.750. The van der Waals surface area contributed by atoms with Crippen LogP contribution in [0, 0.1) is 17.8 Å². The van der Waals surface area contributed by atoms with Crippen molar-refractivity contribution in [2.75, 3.05) is 20.3 Å². The molecule has 0 fully saturated rings. The van der Waals surface area contributed by atoms with E-state index in [4.69, 9.17) is 15.2 Å². The Hall–Kier alpha value is -1.26. The highest BCUT2D eigenvalue weighted by Gasteiger charge is 2.25. The number of aliphatic hydroxyl groups excluding tert-OH is 1. The Balaban J connectivity index is 2.61. The Morgan fingerprint density at radius 1 is 1.07 bits per heavy atom. The molecule has 0 saturated heterocycles. The van der Waals surface area contributed by atoms with Gasteiger partial charge in [-0.3, -0.25) is 0 Å². The van der Waals surface area contributed by atoms with E-state index >= 15 is 0 Å². The van der Waals surface area contributed by atoms with Gasteiger partial charge in [0.05, 0.1) is 20.3 Å². The largest absolute Gasteiger partial charge is 0.496 e. The van der Waals surface area contributed by atoms with Gasteiger partial charge in [-0.2, -0.15) is 0 Å². The molecule has 4 nitrogen and oxygen atoms in total. The van der Waals surface area contributed by atoms with Crippen molar-refractivity contribution in [1.29, 1.82) is 0 Å². The maximum atomic E-state index is 9.72. The quantitative estimate of drug-likeness (QED) is 0.456. The lowest BCUT2D eigenvalue weighted by molar-refractivity contribution is 0.165. The number of hydrogen-bond donors (Lipinski definition) is 2. The van der Waals surface area contributed by atoms with E-state index in [-0.39, 0.29) is 6.61 Å². The van der Waals surface area contributed by atoms with Crippen molar-refractivity contribution in [3.8, 4) is 11.5 Å². The Kier molecular flexibility index (Phi) is 10.9. The molecule has 28 heavy (non-hydrogen) atoms. The van der Waals surface area contributed by atoms with E-state index < -0.39 is 5.54 Å². The summed E-state index contributed by atoms with van der Waals surface area (Å²) in [6.07, 6.45) is 6.04. The second kappa shape index (κ2) is 12.3. The first kappa shape index (κ1) is 24.8. The van der Waals surface area contributed by atoms with Gasteiger partial charge in [0.1, 0.15) is 11.5 Å². The predicted octanol–water partition coefficient (Wildman–Crippen LogP) is 5.20. The molecule has 0 aliphatic heterocycles. The molecule has 0 spiro atoms. The predicted molar refractivity (Wildman–Crippen MR) is 118 cm³/mol. The summed E-state index contributed by atoms with van der Waals surface area (Å²) < 4.78 is 11.6. The summed E-state index contributed by atoms with van der Waals surface area (Å²) in [4.78, 5) is 0. The van der Waals surface area contributed by atoms with Gasteiger partial charge >= 0.3 is 0 Å². The molecular weight excluding hydrogens is 350 g/mol. The van der Waals surface area contributed by atoms with Gasteiger partial charge in [0.15, 0.2) is 0 Å². The van der Waals surface area contributed by atoms with Crippen LogP contribution in [0.5, 0.6) is 11.5 Å². The van der Waals surface area contributed by atoms with E-state index in [9.17, 15) is 5.11 Å². The molecule has 1 unspecified atom stereocenters. The van der Waals surface area contributed by atoms with Gasteiger partial charge in [-0.05, 0) is 55.1 Å². The number of hydrogen-bond acceptors (Lipinski definition) is 4. The molecule has 2 atom stereocenters. The molecule has 3 N–H and O–H groups in total. The summed E-state index contributed by atoms with van der Waals surface area (Å²) >= 11 is 0. The Morgan fingerprint density at radius 3 is 2.36 bits per heavy atom. The maximum Gasteiger partial charge on any atom is 0.125 e. The molecule has 162 valence electrons. The van der Waals surface area contributed by atoms with Crippen molar-refractivity contribution in [3.05, 3.63) is 23.8 Å². The average molecular weight is 394 g/mol. The molecule has 0 saturated carbocycles. The van der Waals surface area contributed by atoms with Crippen LogP contribution in [-0.2, 0) is 6.42 Å². The average Bonchev–Trinajstić information content (AvgIpc) is 2.64. The second-order valence-electron chi connectivity index (χ2n) is 9.33. The number of ether oxygens (including phenoxy) is 2. The number of benzene rings is 1. The van der Waals surface area contributed by atoms with E-state index in [0.717, 1.165) is 48.8 Å². The molecular formula is C24H43NO3. The van der Waals surface area contributed by atoms with Crippen LogP contribution in [0.3, 0.4) is 0 Å². The Morgan fingerprint density at radius 2 is 1.79 bits per heavy atom. The minimum Gasteiger partial charge on any atom is -0.496 e. The molecule has 0 aliphatic rings. The molecule has 1 rings (SSSR count). The zero-order chi connectivity index (χ0) is 21.2. The minimum absolute atomic E-state index is 0.00336. The lowest BCUT2D eigenvalue weighted by atomic mass is 9.85. The summed E-state index contributed by atoms with van der Waals surface area (Å²) in [6.45, 7) is 11.8. The number of methoxy groups -OCH3 is 1. The topological polar surface area (TPSA) is 64.7 Å². The molecule has 0 bridgehead atoms. The minimum atomic E-state index is -0.542. The first-order valence-corrected chi connectivity index (χ1v) is 10.9. The van der Waals surface area contributed by atoms with Gasteiger partial charge in [-0.25, -0.2) is 0 Å². The standard InChI is InChI=1S/C24H43NO3/c1-18(2)8-7-9-20(5)16-28-22-11-10-21(23(14-22)27-6)12-13-24(25,17-26)15-19(3)4/h10-11,14,18-20,26H,7-9,12-13,15-17,25H2,1-6H3/t20?,24-/m0/s1. The first-order chi connectivity index (χ1) is 13.2. The van der Waals surface area contributed by atoms with Gasteiger partial charge < -0.3 is 20.3 Å². The SMILES string of the molecule is COc1cc(OCC(C)CCCC(C)C)ccc1CC[C@@](N)(CO)CC(C)C. The summed E-state index contributed by atoms with van der Waals surface area (Å²) in [5, 5.41) is 9.72. The van der Waals surface area contributed by atoms with Crippen LogP contribution in [0.2, 0.25) is 0 Å². The third-order valence-corrected chi connectivity index (χ3v) is 5.29. The number of rotatable bonds is 14. The van der Waals surface area contributed by atoms with Crippen LogP contribution >= 0.6 is 0 Å². The van der Waals surface area contributed by atoms with Crippen LogP contribution in [0.15, 0.2) is 18.2 Å². The normalized spacial score (nSPS) is 14.9.